The molecule has 0 fully saturated rings. The van der Waals surface area contributed by atoms with Gasteiger partial charge in [0.05, 0.1) is 11.4 Å². The molecule has 0 aliphatic heterocycles. The van der Waals surface area contributed by atoms with Crippen LogP contribution in [0.4, 0.5) is 0 Å². The number of fused-ring (bicyclic) bond motifs is 5. The van der Waals surface area contributed by atoms with Gasteiger partial charge in [-0.25, -0.2) is 0 Å². The fourth-order valence-corrected chi connectivity index (χ4v) is 9.58. The van der Waals surface area contributed by atoms with Crippen LogP contribution < -0.4 is 0 Å². The largest absolute Gasteiger partial charge is 0.255 e. The van der Waals surface area contributed by atoms with Gasteiger partial charge in [0.1, 0.15) is 0 Å². The monoisotopic (exact) mass is 760 g/mol. The molecule has 1 aliphatic carbocycles. The number of hydrogen-bond donors (Lipinski definition) is 0. The van der Waals surface area contributed by atoms with Gasteiger partial charge < -0.3 is 0 Å². The minimum Gasteiger partial charge on any atom is -0.255 e. The number of hydrogen-bond acceptors (Lipinski definition) is 2. The molecule has 0 N–H and O–H groups in total. The summed E-state index contributed by atoms with van der Waals surface area (Å²) in [5.74, 6) is 0. The Kier molecular flexibility index (Phi) is 7.89. The first kappa shape index (κ1) is 34.1. The maximum atomic E-state index is 4.90. The van der Waals surface area contributed by atoms with Gasteiger partial charge in [-0.1, -0.05) is 164 Å². The van der Waals surface area contributed by atoms with Crippen molar-refractivity contribution in [2.24, 2.45) is 0 Å². The Hall–Kier alpha value is -7.94. The van der Waals surface area contributed by atoms with E-state index in [1.807, 2.05) is 30.6 Å². The minimum absolute atomic E-state index is 0.856. The van der Waals surface area contributed by atoms with Gasteiger partial charge in [0.2, 0.25) is 0 Å². The molecule has 0 amide bonds. The van der Waals surface area contributed by atoms with Gasteiger partial charge in [-0.2, -0.15) is 0 Å². The zero-order valence-electron chi connectivity index (χ0n) is 32.7. The van der Waals surface area contributed by atoms with Crippen molar-refractivity contribution >= 4 is 32.3 Å². The molecule has 0 atom stereocenters. The average Bonchev–Trinajstić information content (AvgIpc) is 3.66. The van der Waals surface area contributed by atoms with Crippen molar-refractivity contribution in [2.45, 2.75) is 0 Å². The third-order valence-electron chi connectivity index (χ3n) is 12.3. The predicted molar refractivity (Wildman–Crippen MR) is 252 cm³/mol. The molecule has 1 aliphatic rings. The lowest BCUT2D eigenvalue weighted by Gasteiger charge is -2.20. The van der Waals surface area contributed by atoms with Crippen LogP contribution in [0, 0.1) is 0 Å². The summed E-state index contributed by atoms with van der Waals surface area (Å²) >= 11 is 0. The van der Waals surface area contributed by atoms with Gasteiger partial charge in [0, 0.05) is 18.0 Å². The molecule has 9 aromatic carbocycles. The van der Waals surface area contributed by atoms with Crippen molar-refractivity contribution in [1.82, 2.24) is 9.97 Å². The van der Waals surface area contributed by atoms with Crippen LogP contribution in [0.5, 0.6) is 0 Å². The fraction of sp³-hybridized carbons (Fsp3) is 0. The predicted octanol–water partition coefficient (Wildman–Crippen LogP) is 15.6. The van der Waals surface area contributed by atoms with Gasteiger partial charge in [0.25, 0.3) is 0 Å². The summed E-state index contributed by atoms with van der Waals surface area (Å²) in [6.45, 7) is 0. The lowest BCUT2D eigenvalue weighted by molar-refractivity contribution is 1.25. The third-order valence-corrected chi connectivity index (χ3v) is 12.3. The SMILES string of the molecule is c1ccc(-c2c3c(c(-c4ccccc4)c4ccccc24)-c2ccc(-c4cc(-c5ccc(-c6ccccn6)nc5)cc(-c5ccc6ccccc6c5)c4)c4cccc-3c24)cc1. The molecular formula is C58H36N2. The number of rotatable bonds is 6. The molecule has 0 spiro atoms. The molecular weight excluding hydrogens is 725 g/mol. The highest BCUT2D eigenvalue weighted by atomic mass is 14.8. The van der Waals surface area contributed by atoms with Gasteiger partial charge in [-0.05, 0) is 147 Å². The van der Waals surface area contributed by atoms with Gasteiger partial charge in [-0.15, -0.1) is 0 Å². The fourth-order valence-electron chi connectivity index (χ4n) is 9.58. The van der Waals surface area contributed by atoms with E-state index in [0.717, 1.165) is 28.1 Å². The maximum Gasteiger partial charge on any atom is 0.0886 e. The molecule has 12 rings (SSSR count). The van der Waals surface area contributed by atoms with Crippen molar-refractivity contribution in [3.8, 4) is 89.3 Å². The molecule has 2 heterocycles. The molecule has 0 saturated heterocycles. The molecule has 2 aromatic heterocycles. The van der Waals surface area contributed by atoms with E-state index >= 15 is 0 Å². The van der Waals surface area contributed by atoms with E-state index in [9.17, 15) is 0 Å². The van der Waals surface area contributed by atoms with E-state index in [0.29, 0.717) is 0 Å². The van der Waals surface area contributed by atoms with Crippen LogP contribution in [0.3, 0.4) is 0 Å². The Morgan fingerprint density at radius 1 is 0.267 bits per heavy atom. The van der Waals surface area contributed by atoms with Gasteiger partial charge in [0.15, 0.2) is 0 Å². The zero-order chi connectivity index (χ0) is 39.6. The quantitative estimate of drug-likeness (QED) is 0.169. The minimum atomic E-state index is 0.856. The molecule has 0 unspecified atom stereocenters. The standard InChI is InChI=1S/C58H36N2/c1-3-15-38(16-4-1)54-48-20-9-10-21-49(48)55(39-17-5-2-6-18-39)58-51-29-28-46(47-22-13-23-50(56(47)51)57(54)58)45-34-43(41-26-25-37-14-7-8-19-40(37)32-41)33-44(35-45)42-27-30-53(60-36-42)52-24-11-12-31-59-52/h1-36H. The second-order valence-corrected chi connectivity index (χ2v) is 15.7. The van der Waals surface area contributed by atoms with E-state index in [1.165, 1.54) is 93.5 Å². The second kappa shape index (κ2) is 13.9. The average molecular weight is 761 g/mol. The third kappa shape index (κ3) is 5.50. The lowest BCUT2D eigenvalue weighted by Crippen LogP contribution is -1.93. The maximum absolute atomic E-state index is 4.90. The van der Waals surface area contributed by atoms with Crippen LogP contribution in [0.25, 0.3) is 122 Å². The molecule has 60 heavy (non-hydrogen) atoms. The van der Waals surface area contributed by atoms with E-state index in [4.69, 9.17) is 4.98 Å². The number of pyridine rings is 2. The first-order chi connectivity index (χ1) is 29.8. The summed E-state index contributed by atoms with van der Waals surface area (Å²) in [6, 6.07) is 75.1. The summed E-state index contributed by atoms with van der Waals surface area (Å²) in [4.78, 5) is 9.45. The van der Waals surface area contributed by atoms with Crippen molar-refractivity contribution in [2.75, 3.05) is 0 Å². The highest BCUT2D eigenvalue weighted by molar-refractivity contribution is 6.28. The highest BCUT2D eigenvalue weighted by Crippen LogP contribution is 2.58. The molecule has 0 radical (unpaired) electrons. The van der Waals surface area contributed by atoms with Gasteiger partial charge in [-0.3, -0.25) is 9.97 Å². The summed E-state index contributed by atoms with van der Waals surface area (Å²) in [5, 5.41) is 7.53. The Labute approximate surface area is 348 Å². The Bertz CT molecular complexity index is 3350. The summed E-state index contributed by atoms with van der Waals surface area (Å²) in [7, 11) is 0. The van der Waals surface area contributed by atoms with Crippen LogP contribution in [0.1, 0.15) is 0 Å². The molecule has 2 heteroatoms. The lowest BCUT2D eigenvalue weighted by atomic mass is 9.82. The van der Waals surface area contributed by atoms with E-state index < -0.39 is 0 Å². The normalized spacial score (nSPS) is 11.7. The van der Waals surface area contributed by atoms with Crippen LogP contribution in [-0.2, 0) is 0 Å². The molecule has 2 nitrogen and oxygen atoms in total. The first-order valence-electron chi connectivity index (χ1n) is 20.6. The Morgan fingerprint density at radius 2 is 0.833 bits per heavy atom. The second-order valence-electron chi connectivity index (χ2n) is 15.7. The van der Waals surface area contributed by atoms with Crippen molar-refractivity contribution in [3.05, 3.63) is 219 Å². The number of benzene rings is 9. The van der Waals surface area contributed by atoms with Crippen molar-refractivity contribution < 1.29 is 0 Å². The summed E-state index contributed by atoms with van der Waals surface area (Å²) in [5.41, 5.74) is 18.8. The topological polar surface area (TPSA) is 25.8 Å². The number of nitrogens with zero attached hydrogens (tertiary/aromatic N) is 2. The molecule has 278 valence electrons. The summed E-state index contributed by atoms with van der Waals surface area (Å²) < 4.78 is 0. The van der Waals surface area contributed by atoms with E-state index in [2.05, 4.69) is 193 Å². The first-order valence-corrected chi connectivity index (χ1v) is 20.6. The molecule has 0 saturated carbocycles. The van der Waals surface area contributed by atoms with Crippen LogP contribution in [0.2, 0.25) is 0 Å². The highest BCUT2D eigenvalue weighted by Gasteiger charge is 2.31. The van der Waals surface area contributed by atoms with E-state index in [-0.39, 0.29) is 0 Å². The van der Waals surface area contributed by atoms with Crippen LogP contribution in [-0.4, -0.2) is 9.97 Å². The van der Waals surface area contributed by atoms with Crippen molar-refractivity contribution in [1.29, 1.82) is 0 Å². The van der Waals surface area contributed by atoms with Crippen LogP contribution >= 0.6 is 0 Å². The van der Waals surface area contributed by atoms with Gasteiger partial charge >= 0.3 is 0 Å². The van der Waals surface area contributed by atoms with Crippen LogP contribution in [0.15, 0.2) is 219 Å². The Morgan fingerprint density at radius 3 is 1.52 bits per heavy atom. The Balaban J connectivity index is 1.11. The van der Waals surface area contributed by atoms with Crippen molar-refractivity contribution in [3.63, 3.8) is 0 Å². The number of aromatic nitrogens is 2. The zero-order valence-corrected chi connectivity index (χ0v) is 32.7. The smallest absolute Gasteiger partial charge is 0.0886 e. The summed E-state index contributed by atoms with van der Waals surface area (Å²) in [6.07, 6.45) is 3.80. The van der Waals surface area contributed by atoms with E-state index in [1.54, 1.807) is 0 Å². The molecule has 11 aromatic rings. The molecule has 0 bridgehead atoms.